The summed E-state index contributed by atoms with van der Waals surface area (Å²) in [6, 6.07) is 11.3. The molecule has 2 aromatic rings. The van der Waals surface area contributed by atoms with Crippen LogP contribution in [0.5, 0.6) is 0 Å². The molecule has 18 heavy (non-hydrogen) atoms. The molecule has 0 fully saturated rings. The minimum Gasteiger partial charge on any atom is -0.380 e. The van der Waals surface area contributed by atoms with Gasteiger partial charge in [0.15, 0.2) is 0 Å². The molecule has 2 rings (SSSR count). The highest BCUT2D eigenvalue weighted by atomic mass is 127. The molecule has 0 saturated carbocycles. The van der Waals surface area contributed by atoms with E-state index in [-0.39, 0.29) is 5.82 Å². The van der Waals surface area contributed by atoms with Gasteiger partial charge in [0, 0.05) is 11.0 Å². The van der Waals surface area contributed by atoms with E-state index in [1.54, 1.807) is 6.07 Å². The van der Waals surface area contributed by atoms with E-state index in [0.717, 1.165) is 15.7 Å². The summed E-state index contributed by atoms with van der Waals surface area (Å²) >= 11 is 5.55. The van der Waals surface area contributed by atoms with Crippen LogP contribution >= 0.6 is 38.5 Å². The zero-order chi connectivity index (χ0) is 13.1. The molecule has 0 spiro atoms. The topological polar surface area (TPSA) is 12.0 Å². The molecule has 0 bridgehead atoms. The largest absolute Gasteiger partial charge is 0.380 e. The Bertz CT molecular complexity index is 572. The molecule has 2 aromatic carbocycles. The quantitative estimate of drug-likeness (QED) is 0.681. The van der Waals surface area contributed by atoms with Crippen molar-refractivity contribution in [1.82, 2.24) is 0 Å². The highest BCUT2D eigenvalue weighted by Gasteiger charge is 2.05. The van der Waals surface area contributed by atoms with Crippen LogP contribution in [-0.4, -0.2) is 0 Å². The van der Waals surface area contributed by atoms with Crippen molar-refractivity contribution in [2.45, 2.75) is 13.5 Å². The van der Waals surface area contributed by atoms with Gasteiger partial charge in [-0.15, -0.1) is 0 Å². The van der Waals surface area contributed by atoms with Gasteiger partial charge in [-0.05, 0) is 58.8 Å². The van der Waals surface area contributed by atoms with Gasteiger partial charge < -0.3 is 5.32 Å². The zero-order valence-electron chi connectivity index (χ0n) is 9.81. The molecule has 0 amide bonds. The van der Waals surface area contributed by atoms with Crippen molar-refractivity contribution in [2.75, 3.05) is 5.32 Å². The number of benzene rings is 2. The van der Waals surface area contributed by atoms with E-state index in [0.29, 0.717) is 10.1 Å². The lowest BCUT2D eigenvalue weighted by atomic mass is 10.1. The van der Waals surface area contributed by atoms with E-state index < -0.39 is 0 Å². The van der Waals surface area contributed by atoms with E-state index in [2.05, 4.69) is 46.4 Å². The van der Waals surface area contributed by atoms with Crippen LogP contribution < -0.4 is 5.32 Å². The fraction of sp³-hybridized carbons (Fsp3) is 0.143. The van der Waals surface area contributed by atoms with Crippen LogP contribution in [0.15, 0.2) is 40.9 Å². The second-order valence-corrected chi connectivity index (χ2v) is 5.98. The van der Waals surface area contributed by atoms with E-state index in [4.69, 9.17) is 0 Å². The van der Waals surface area contributed by atoms with Gasteiger partial charge in [-0.25, -0.2) is 4.39 Å². The summed E-state index contributed by atoms with van der Waals surface area (Å²) < 4.78 is 15.1. The van der Waals surface area contributed by atoms with Gasteiger partial charge in [-0.3, -0.25) is 0 Å². The van der Waals surface area contributed by atoms with E-state index in [1.165, 1.54) is 11.6 Å². The van der Waals surface area contributed by atoms with Crippen molar-refractivity contribution in [3.63, 3.8) is 0 Å². The Kier molecular flexibility index (Phi) is 4.61. The van der Waals surface area contributed by atoms with Crippen LogP contribution in [0.1, 0.15) is 11.1 Å². The molecule has 4 heteroatoms. The summed E-state index contributed by atoms with van der Waals surface area (Å²) in [5, 5.41) is 3.25. The van der Waals surface area contributed by atoms with Crippen molar-refractivity contribution < 1.29 is 4.39 Å². The summed E-state index contributed by atoms with van der Waals surface area (Å²) in [6.45, 7) is 2.72. The Labute approximate surface area is 128 Å². The highest BCUT2D eigenvalue weighted by molar-refractivity contribution is 14.1. The molecule has 0 aromatic heterocycles. The average molecular weight is 420 g/mol. The molecular weight excluding hydrogens is 408 g/mol. The van der Waals surface area contributed by atoms with E-state index in [1.807, 2.05) is 28.7 Å². The second kappa shape index (κ2) is 6.02. The third kappa shape index (κ3) is 3.23. The molecule has 0 unspecified atom stereocenters. The lowest BCUT2D eigenvalue weighted by Gasteiger charge is -2.10. The molecule has 0 aliphatic heterocycles. The maximum absolute atomic E-state index is 13.4. The summed E-state index contributed by atoms with van der Waals surface area (Å²) in [5.74, 6) is -0.191. The minimum absolute atomic E-state index is 0.191. The number of anilines is 1. The van der Waals surface area contributed by atoms with Gasteiger partial charge in [0.1, 0.15) is 5.82 Å². The van der Waals surface area contributed by atoms with Crippen LogP contribution in [0.25, 0.3) is 0 Å². The van der Waals surface area contributed by atoms with Crippen LogP contribution in [0.4, 0.5) is 10.1 Å². The molecule has 0 heterocycles. The highest BCUT2D eigenvalue weighted by Crippen LogP contribution is 2.23. The monoisotopic (exact) mass is 419 g/mol. The van der Waals surface area contributed by atoms with Gasteiger partial charge in [-0.2, -0.15) is 0 Å². The van der Waals surface area contributed by atoms with Crippen LogP contribution in [0.3, 0.4) is 0 Å². The Morgan fingerprint density at radius 1 is 1.28 bits per heavy atom. The Morgan fingerprint density at radius 2 is 2.06 bits per heavy atom. The number of halogens is 3. The zero-order valence-corrected chi connectivity index (χ0v) is 13.5. The molecule has 0 saturated heterocycles. The molecule has 0 aliphatic rings. The SMILES string of the molecule is Cc1ccc(CNc2cccc(F)c2I)c(Br)c1. The number of hydrogen-bond acceptors (Lipinski definition) is 1. The molecule has 0 atom stereocenters. The van der Waals surface area contributed by atoms with Gasteiger partial charge in [-0.1, -0.05) is 34.1 Å². The van der Waals surface area contributed by atoms with E-state index >= 15 is 0 Å². The maximum Gasteiger partial charge on any atom is 0.138 e. The maximum atomic E-state index is 13.4. The van der Waals surface area contributed by atoms with Gasteiger partial charge >= 0.3 is 0 Å². The normalized spacial score (nSPS) is 10.4. The number of rotatable bonds is 3. The van der Waals surface area contributed by atoms with Crippen molar-refractivity contribution in [1.29, 1.82) is 0 Å². The summed E-state index contributed by atoms with van der Waals surface area (Å²) in [6.07, 6.45) is 0. The van der Waals surface area contributed by atoms with Gasteiger partial charge in [0.25, 0.3) is 0 Å². The van der Waals surface area contributed by atoms with Crippen molar-refractivity contribution >= 4 is 44.2 Å². The molecule has 1 nitrogen and oxygen atoms in total. The third-order valence-electron chi connectivity index (χ3n) is 2.63. The standard InChI is InChI=1S/C14H12BrFIN/c1-9-5-6-10(11(15)7-9)8-18-13-4-2-3-12(16)14(13)17/h2-7,18H,8H2,1H3. The Balaban J connectivity index is 2.14. The average Bonchev–Trinajstić information content (AvgIpc) is 2.33. The first-order valence-corrected chi connectivity index (χ1v) is 7.38. The predicted octanol–water partition coefficient (Wildman–Crippen LogP) is 5.11. The van der Waals surface area contributed by atoms with Crippen molar-refractivity contribution in [2.24, 2.45) is 0 Å². The first kappa shape index (κ1) is 13.8. The first-order valence-electron chi connectivity index (χ1n) is 5.51. The predicted molar refractivity (Wildman–Crippen MR) is 85.3 cm³/mol. The summed E-state index contributed by atoms with van der Waals surface area (Å²) in [4.78, 5) is 0. The fourth-order valence-electron chi connectivity index (χ4n) is 1.63. The van der Waals surface area contributed by atoms with Crippen molar-refractivity contribution in [3.05, 3.63) is 61.4 Å². The smallest absolute Gasteiger partial charge is 0.138 e. The minimum atomic E-state index is -0.191. The van der Waals surface area contributed by atoms with Gasteiger partial charge in [0.05, 0.1) is 9.26 Å². The summed E-state index contributed by atoms with van der Waals surface area (Å²) in [5.41, 5.74) is 3.19. The third-order valence-corrected chi connectivity index (χ3v) is 4.46. The lowest BCUT2D eigenvalue weighted by molar-refractivity contribution is 0.621. The van der Waals surface area contributed by atoms with E-state index in [9.17, 15) is 4.39 Å². The van der Waals surface area contributed by atoms with Gasteiger partial charge in [0.2, 0.25) is 0 Å². The van der Waals surface area contributed by atoms with Crippen LogP contribution in [-0.2, 0) is 6.54 Å². The number of nitrogens with one attached hydrogen (secondary N) is 1. The molecule has 94 valence electrons. The first-order chi connectivity index (χ1) is 8.58. The Hall–Kier alpha value is -0.620. The molecule has 0 radical (unpaired) electrons. The number of hydrogen-bond donors (Lipinski definition) is 1. The molecular formula is C14H12BrFIN. The molecule has 1 N–H and O–H groups in total. The summed E-state index contributed by atoms with van der Waals surface area (Å²) in [7, 11) is 0. The lowest BCUT2D eigenvalue weighted by Crippen LogP contribution is -2.02. The Morgan fingerprint density at radius 3 is 2.78 bits per heavy atom. The number of aryl methyl sites for hydroxylation is 1. The van der Waals surface area contributed by atoms with Crippen LogP contribution in [0.2, 0.25) is 0 Å². The molecule has 0 aliphatic carbocycles. The second-order valence-electron chi connectivity index (χ2n) is 4.05. The van der Waals surface area contributed by atoms with Crippen LogP contribution in [0, 0.1) is 16.3 Å². The van der Waals surface area contributed by atoms with Crippen molar-refractivity contribution in [3.8, 4) is 0 Å². The fourth-order valence-corrected chi connectivity index (χ4v) is 2.81.